The van der Waals surface area contributed by atoms with Crippen LogP contribution >= 0.6 is 11.6 Å². The molecule has 0 unspecified atom stereocenters. The third kappa shape index (κ3) is 2.10. The Morgan fingerprint density at radius 1 is 1.20 bits per heavy atom. The lowest BCUT2D eigenvalue weighted by molar-refractivity contribution is -0.122. The lowest BCUT2D eigenvalue weighted by atomic mass is 10.2. The van der Waals surface area contributed by atoms with Crippen LogP contribution in [0.5, 0.6) is 0 Å². The second kappa shape index (κ2) is 4.76. The molecular weight excluding hydrogens is 278 g/mol. The molecule has 2 aromatic rings. The normalized spacial score (nSPS) is 18.9. The summed E-state index contributed by atoms with van der Waals surface area (Å²) >= 11 is 5.82. The molecule has 6 heteroatoms. The van der Waals surface area contributed by atoms with Crippen molar-refractivity contribution in [1.29, 1.82) is 0 Å². The molecule has 3 rings (SSSR count). The van der Waals surface area contributed by atoms with Gasteiger partial charge in [0.2, 0.25) is 5.91 Å². The fourth-order valence-corrected chi connectivity index (χ4v) is 2.42. The molecule has 0 bridgehead atoms. The van der Waals surface area contributed by atoms with E-state index in [2.05, 4.69) is 5.10 Å². The van der Waals surface area contributed by atoms with Gasteiger partial charge in [0.1, 0.15) is 6.04 Å². The van der Waals surface area contributed by atoms with Crippen LogP contribution in [0.25, 0.3) is 0 Å². The number of halogens is 1. The second-order valence-electron chi connectivity index (χ2n) is 4.70. The molecule has 0 spiro atoms. The van der Waals surface area contributed by atoms with Crippen molar-refractivity contribution in [2.75, 3.05) is 4.90 Å². The predicted octanol–water partition coefficient (Wildman–Crippen LogP) is 2.35. The van der Waals surface area contributed by atoms with Gasteiger partial charge in [-0.3, -0.25) is 14.3 Å². The van der Waals surface area contributed by atoms with Crippen LogP contribution in [0.4, 0.5) is 5.69 Å². The van der Waals surface area contributed by atoms with Crippen molar-refractivity contribution in [1.82, 2.24) is 9.78 Å². The summed E-state index contributed by atoms with van der Waals surface area (Å²) in [7, 11) is 0. The van der Waals surface area contributed by atoms with Crippen molar-refractivity contribution >= 4 is 29.1 Å². The minimum Gasteiger partial charge on any atom is -0.274 e. The molecule has 1 aromatic heterocycles. The van der Waals surface area contributed by atoms with Gasteiger partial charge in [0.05, 0.1) is 17.8 Å². The van der Waals surface area contributed by atoms with Gasteiger partial charge in [0.15, 0.2) is 0 Å². The summed E-state index contributed by atoms with van der Waals surface area (Å²) in [4.78, 5) is 25.7. The van der Waals surface area contributed by atoms with Crippen LogP contribution in [0.2, 0.25) is 5.02 Å². The van der Waals surface area contributed by atoms with Gasteiger partial charge in [-0.25, -0.2) is 4.90 Å². The van der Waals surface area contributed by atoms with Crippen molar-refractivity contribution in [2.45, 2.75) is 19.4 Å². The number of hydrogen-bond acceptors (Lipinski definition) is 3. The average molecular weight is 290 g/mol. The molecule has 102 valence electrons. The highest BCUT2D eigenvalue weighted by atomic mass is 35.5. The zero-order valence-electron chi connectivity index (χ0n) is 10.8. The molecule has 1 aliphatic rings. The highest BCUT2D eigenvalue weighted by molar-refractivity contribution is 6.30. The van der Waals surface area contributed by atoms with Gasteiger partial charge in [0.25, 0.3) is 5.91 Å². The number of anilines is 1. The van der Waals surface area contributed by atoms with Gasteiger partial charge in [0, 0.05) is 11.2 Å². The van der Waals surface area contributed by atoms with Gasteiger partial charge in [-0.1, -0.05) is 11.6 Å². The number of amides is 2. The van der Waals surface area contributed by atoms with Crippen LogP contribution in [0.1, 0.15) is 18.2 Å². The lowest BCUT2D eigenvalue weighted by Gasteiger charge is -2.15. The van der Waals surface area contributed by atoms with Crippen LogP contribution in [0.3, 0.4) is 0 Å². The van der Waals surface area contributed by atoms with E-state index in [1.807, 2.05) is 13.0 Å². The van der Waals surface area contributed by atoms with Crippen molar-refractivity contribution in [2.24, 2.45) is 0 Å². The van der Waals surface area contributed by atoms with Crippen molar-refractivity contribution in [3.05, 3.63) is 47.2 Å². The van der Waals surface area contributed by atoms with E-state index in [0.717, 1.165) is 5.69 Å². The molecule has 1 atom stereocenters. The van der Waals surface area contributed by atoms with Crippen molar-refractivity contribution in [3.8, 4) is 0 Å². The summed E-state index contributed by atoms with van der Waals surface area (Å²) in [6, 6.07) is 7.88. The van der Waals surface area contributed by atoms with E-state index in [9.17, 15) is 9.59 Å². The van der Waals surface area contributed by atoms with E-state index in [1.165, 1.54) is 4.90 Å². The Bertz CT molecular complexity index is 678. The maximum atomic E-state index is 12.4. The van der Waals surface area contributed by atoms with Gasteiger partial charge >= 0.3 is 0 Å². The molecule has 0 N–H and O–H groups in total. The summed E-state index contributed by atoms with van der Waals surface area (Å²) in [5.74, 6) is -0.490. The zero-order valence-corrected chi connectivity index (χ0v) is 11.5. The van der Waals surface area contributed by atoms with Crippen LogP contribution in [0, 0.1) is 6.92 Å². The Balaban J connectivity index is 1.92. The molecule has 5 nitrogen and oxygen atoms in total. The Morgan fingerprint density at radius 2 is 1.90 bits per heavy atom. The minimum absolute atomic E-state index is 0.128. The number of aryl methyl sites for hydroxylation is 1. The monoisotopic (exact) mass is 289 g/mol. The number of carbonyl (C=O) groups excluding carboxylic acids is 2. The summed E-state index contributed by atoms with van der Waals surface area (Å²) in [6.07, 6.45) is 1.85. The quantitative estimate of drug-likeness (QED) is 0.798. The van der Waals surface area contributed by atoms with Gasteiger partial charge in [-0.05, 0) is 37.3 Å². The first-order chi connectivity index (χ1) is 9.56. The molecule has 0 saturated carbocycles. The number of benzene rings is 1. The zero-order chi connectivity index (χ0) is 14.3. The first kappa shape index (κ1) is 12.9. The van der Waals surface area contributed by atoms with Crippen LogP contribution in [-0.2, 0) is 9.59 Å². The Hall–Kier alpha value is -2.14. The van der Waals surface area contributed by atoms with E-state index in [0.29, 0.717) is 10.7 Å². The standard InChI is InChI=1S/C14H12ClN3O2/c1-9-6-7-17(16-9)12-8-13(19)18(14(12)20)11-4-2-10(15)3-5-11/h2-7,12H,8H2,1H3/t12-/m1/s1. The fraction of sp³-hybridized carbons (Fsp3) is 0.214. The first-order valence-corrected chi connectivity index (χ1v) is 6.58. The predicted molar refractivity (Wildman–Crippen MR) is 74.6 cm³/mol. The van der Waals surface area contributed by atoms with E-state index in [4.69, 9.17) is 11.6 Å². The Morgan fingerprint density at radius 3 is 2.50 bits per heavy atom. The number of rotatable bonds is 2. The first-order valence-electron chi connectivity index (χ1n) is 6.20. The Labute approximate surface area is 120 Å². The summed E-state index contributed by atoms with van der Waals surface area (Å²) < 4.78 is 1.55. The van der Waals surface area contributed by atoms with Crippen molar-refractivity contribution < 1.29 is 9.59 Å². The number of carbonyl (C=O) groups is 2. The summed E-state index contributed by atoms with van der Waals surface area (Å²) in [6.45, 7) is 1.84. The molecule has 1 fully saturated rings. The van der Waals surface area contributed by atoms with E-state index in [-0.39, 0.29) is 18.2 Å². The lowest BCUT2D eigenvalue weighted by Crippen LogP contribution is -2.31. The maximum absolute atomic E-state index is 12.4. The fourth-order valence-electron chi connectivity index (χ4n) is 2.29. The van der Waals surface area contributed by atoms with Crippen LogP contribution < -0.4 is 4.90 Å². The van der Waals surface area contributed by atoms with E-state index < -0.39 is 6.04 Å². The van der Waals surface area contributed by atoms with Crippen LogP contribution in [-0.4, -0.2) is 21.6 Å². The summed E-state index contributed by atoms with van der Waals surface area (Å²) in [5.41, 5.74) is 1.35. The van der Waals surface area contributed by atoms with Gasteiger partial charge in [-0.2, -0.15) is 5.10 Å². The van der Waals surface area contributed by atoms with E-state index >= 15 is 0 Å². The molecule has 0 aliphatic carbocycles. The third-order valence-corrected chi connectivity index (χ3v) is 3.52. The highest BCUT2D eigenvalue weighted by Gasteiger charge is 2.41. The molecule has 1 aromatic carbocycles. The smallest absolute Gasteiger partial charge is 0.259 e. The summed E-state index contributed by atoms with van der Waals surface area (Å²) in [5, 5.41) is 4.78. The molecule has 1 saturated heterocycles. The molecule has 2 amide bonds. The molecule has 0 radical (unpaired) electrons. The maximum Gasteiger partial charge on any atom is 0.259 e. The van der Waals surface area contributed by atoms with Crippen molar-refractivity contribution in [3.63, 3.8) is 0 Å². The number of aromatic nitrogens is 2. The number of nitrogens with zero attached hydrogens (tertiary/aromatic N) is 3. The highest BCUT2D eigenvalue weighted by Crippen LogP contribution is 2.29. The number of imide groups is 1. The second-order valence-corrected chi connectivity index (χ2v) is 5.14. The van der Waals surface area contributed by atoms with Gasteiger partial charge < -0.3 is 0 Å². The Kier molecular flexibility index (Phi) is 3.06. The third-order valence-electron chi connectivity index (χ3n) is 3.27. The average Bonchev–Trinajstić information content (AvgIpc) is 2.95. The molecule has 20 heavy (non-hydrogen) atoms. The molecule has 1 aliphatic heterocycles. The number of hydrogen-bond donors (Lipinski definition) is 0. The molecule has 2 heterocycles. The SMILES string of the molecule is Cc1ccn([C@@H]2CC(=O)N(c3ccc(Cl)cc3)C2=O)n1. The van der Waals surface area contributed by atoms with Crippen LogP contribution in [0.15, 0.2) is 36.5 Å². The largest absolute Gasteiger partial charge is 0.274 e. The minimum atomic E-state index is -0.563. The van der Waals surface area contributed by atoms with E-state index in [1.54, 1.807) is 35.1 Å². The van der Waals surface area contributed by atoms with Gasteiger partial charge in [-0.15, -0.1) is 0 Å². The molecular formula is C14H12ClN3O2. The topological polar surface area (TPSA) is 55.2 Å².